The molecule has 0 saturated carbocycles. The third-order valence-electron chi connectivity index (χ3n) is 3.99. The fraction of sp³-hybridized carbons (Fsp3) is 0.450. The first-order chi connectivity index (χ1) is 11.9. The first kappa shape index (κ1) is 18.9. The highest BCUT2D eigenvalue weighted by Gasteiger charge is 2.15. The summed E-state index contributed by atoms with van der Waals surface area (Å²) < 4.78 is 0. The van der Waals surface area contributed by atoms with Crippen LogP contribution in [0.2, 0.25) is 0 Å². The molecule has 134 valence electrons. The number of hydrogen-bond acceptors (Lipinski definition) is 4. The van der Waals surface area contributed by atoms with E-state index in [9.17, 15) is 4.79 Å². The van der Waals surface area contributed by atoms with Crippen LogP contribution in [0.15, 0.2) is 24.3 Å². The molecule has 0 saturated heterocycles. The topological polar surface area (TPSA) is 58.1 Å². The van der Waals surface area contributed by atoms with Crippen LogP contribution in [0.3, 0.4) is 0 Å². The summed E-state index contributed by atoms with van der Waals surface area (Å²) in [5.74, 6) is 0.434. The molecule has 5 heteroatoms. The highest BCUT2D eigenvalue weighted by atomic mass is 16.1. The molecule has 0 aliphatic heterocycles. The second-order valence-electron chi connectivity index (χ2n) is 6.45. The number of carbonyl (C=O) groups is 1. The first-order valence-corrected chi connectivity index (χ1v) is 8.93. The molecule has 0 aliphatic rings. The molecule has 0 aliphatic carbocycles. The molecular formula is C20H28N4O. The Hall–Kier alpha value is -2.43. The van der Waals surface area contributed by atoms with Crippen LogP contribution in [-0.2, 0) is 0 Å². The summed E-state index contributed by atoms with van der Waals surface area (Å²) in [6, 6.07) is 7.75. The maximum absolute atomic E-state index is 12.7. The average Bonchev–Trinajstić information content (AvgIpc) is 2.57. The first-order valence-electron chi connectivity index (χ1n) is 8.93. The number of benzene rings is 1. The van der Waals surface area contributed by atoms with E-state index in [-0.39, 0.29) is 5.91 Å². The van der Waals surface area contributed by atoms with Crippen molar-refractivity contribution in [1.29, 1.82) is 0 Å². The molecule has 0 radical (unpaired) electrons. The van der Waals surface area contributed by atoms with Gasteiger partial charge in [0.15, 0.2) is 0 Å². The highest BCUT2D eigenvalue weighted by molar-refractivity contribution is 6.03. The molecule has 0 unspecified atom stereocenters. The smallest absolute Gasteiger partial charge is 0.274 e. The van der Waals surface area contributed by atoms with Crippen LogP contribution in [0.1, 0.15) is 54.0 Å². The molecule has 0 atom stereocenters. The third kappa shape index (κ3) is 5.02. The van der Waals surface area contributed by atoms with Crippen LogP contribution in [-0.4, -0.2) is 29.0 Å². The van der Waals surface area contributed by atoms with Crippen molar-refractivity contribution in [2.45, 2.75) is 47.5 Å². The fourth-order valence-electron chi connectivity index (χ4n) is 2.72. The molecule has 1 amide bonds. The largest absolute Gasteiger partial charge is 0.341 e. The lowest BCUT2D eigenvalue weighted by atomic mass is 10.1. The second kappa shape index (κ2) is 8.60. The third-order valence-corrected chi connectivity index (χ3v) is 3.99. The molecule has 1 heterocycles. The Morgan fingerprint density at radius 2 is 1.72 bits per heavy atom. The van der Waals surface area contributed by atoms with E-state index in [4.69, 9.17) is 0 Å². The number of amides is 1. The number of aryl methyl sites for hydroxylation is 3. The van der Waals surface area contributed by atoms with Gasteiger partial charge in [0.2, 0.25) is 5.95 Å². The SMILES string of the molecule is CCCN(CCC)c1nc(C)cc(C(=O)Nc2cc(C)ccc2C)n1. The standard InChI is InChI=1S/C20H28N4O/c1-6-10-24(11-7-2)20-21-16(5)13-18(23-20)19(25)22-17-12-14(3)8-9-15(17)4/h8-9,12-13H,6-7,10-11H2,1-5H3,(H,22,25). The van der Waals surface area contributed by atoms with Gasteiger partial charge in [0.25, 0.3) is 5.91 Å². The van der Waals surface area contributed by atoms with Crippen molar-refractivity contribution in [1.82, 2.24) is 9.97 Å². The van der Waals surface area contributed by atoms with Crippen molar-refractivity contribution in [3.63, 3.8) is 0 Å². The van der Waals surface area contributed by atoms with E-state index in [1.807, 2.05) is 39.0 Å². The van der Waals surface area contributed by atoms with Crippen LogP contribution in [0, 0.1) is 20.8 Å². The van der Waals surface area contributed by atoms with E-state index in [2.05, 4.69) is 34.0 Å². The van der Waals surface area contributed by atoms with Crippen LogP contribution in [0.5, 0.6) is 0 Å². The lowest BCUT2D eigenvalue weighted by Gasteiger charge is -2.22. The highest BCUT2D eigenvalue weighted by Crippen LogP contribution is 2.18. The van der Waals surface area contributed by atoms with E-state index in [1.54, 1.807) is 6.07 Å². The predicted molar refractivity (Wildman–Crippen MR) is 103 cm³/mol. The van der Waals surface area contributed by atoms with E-state index in [1.165, 1.54) is 0 Å². The molecule has 0 fully saturated rings. The summed E-state index contributed by atoms with van der Waals surface area (Å²) in [7, 11) is 0. The fourth-order valence-corrected chi connectivity index (χ4v) is 2.72. The second-order valence-corrected chi connectivity index (χ2v) is 6.45. The number of rotatable bonds is 7. The Labute approximate surface area is 150 Å². The lowest BCUT2D eigenvalue weighted by molar-refractivity contribution is 0.102. The Bertz CT molecular complexity index is 736. The van der Waals surface area contributed by atoms with Gasteiger partial charge in [-0.3, -0.25) is 4.79 Å². The Kier molecular flexibility index (Phi) is 6.51. The summed E-state index contributed by atoms with van der Waals surface area (Å²) in [5, 5.41) is 2.98. The van der Waals surface area contributed by atoms with E-state index < -0.39 is 0 Å². The van der Waals surface area contributed by atoms with Crippen LogP contribution in [0.25, 0.3) is 0 Å². The van der Waals surface area contributed by atoms with Gasteiger partial charge in [0.1, 0.15) is 5.69 Å². The van der Waals surface area contributed by atoms with Gasteiger partial charge in [-0.05, 0) is 56.9 Å². The van der Waals surface area contributed by atoms with Crippen molar-refractivity contribution >= 4 is 17.5 Å². The summed E-state index contributed by atoms with van der Waals surface area (Å²) in [4.78, 5) is 23.9. The predicted octanol–water partition coefficient (Wildman–Crippen LogP) is 4.28. The van der Waals surface area contributed by atoms with Gasteiger partial charge < -0.3 is 10.2 Å². The molecule has 2 rings (SSSR count). The van der Waals surface area contributed by atoms with Crippen molar-refractivity contribution < 1.29 is 4.79 Å². The average molecular weight is 340 g/mol. The Morgan fingerprint density at radius 1 is 1.04 bits per heavy atom. The number of nitrogens with zero attached hydrogens (tertiary/aromatic N) is 3. The number of carbonyl (C=O) groups excluding carboxylic acids is 1. The minimum Gasteiger partial charge on any atom is -0.341 e. The monoisotopic (exact) mass is 340 g/mol. The van der Waals surface area contributed by atoms with E-state index >= 15 is 0 Å². The van der Waals surface area contributed by atoms with Gasteiger partial charge in [-0.1, -0.05) is 26.0 Å². The Morgan fingerprint density at radius 3 is 2.36 bits per heavy atom. The zero-order chi connectivity index (χ0) is 18.4. The van der Waals surface area contributed by atoms with Crippen molar-refractivity contribution in [3.8, 4) is 0 Å². The lowest BCUT2D eigenvalue weighted by Crippen LogP contribution is -2.28. The summed E-state index contributed by atoms with van der Waals surface area (Å²) in [6.07, 6.45) is 2.03. The number of anilines is 2. The van der Waals surface area contributed by atoms with Crippen molar-refractivity contribution in [2.24, 2.45) is 0 Å². The van der Waals surface area contributed by atoms with Crippen LogP contribution in [0.4, 0.5) is 11.6 Å². The molecule has 1 aromatic heterocycles. The van der Waals surface area contributed by atoms with Crippen molar-refractivity contribution in [3.05, 3.63) is 46.8 Å². The van der Waals surface area contributed by atoms with Gasteiger partial charge in [0.05, 0.1) is 0 Å². The summed E-state index contributed by atoms with van der Waals surface area (Å²) in [6.45, 7) is 11.9. The van der Waals surface area contributed by atoms with Crippen molar-refractivity contribution in [2.75, 3.05) is 23.3 Å². The normalized spacial score (nSPS) is 10.6. The number of nitrogens with one attached hydrogen (secondary N) is 1. The van der Waals surface area contributed by atoms with Crippen LogP contribution >= 0.6 is 0 Å². The van der Waals surface area contributed by atoms with Gasteiger partial charge in [-0.25, -0.2) is 9.97 Å². The zero-order valence-electron chi connectivity index (χ0n) is 15.9. The summed E-state index contributed by atoms with van der Waals surface area (Å²) >= 11 is 0. The number of hydrogen-bond donors (Lipinski definition) is 1. The molecule has 1 aromatic carbocycles. The van der Waals surface area contributed by atoms with E-state index in [0.717, 1.165) is 48.4 Å². The molecule has 0 spiro atoms. The number of aromatic nitrogens is 2. The maximum atomic E-state index is 12.7. The maximum Gasteiger partial charge on any atom is 0.274 e. The Balaban J connectivity index is 2.28. The minimum atomic E-state index is -0.201. The van der Waals surface area contributed by atoms with Gasteiger partial charge in [-0.2, -0.15) is 0 Å². The molecule has 1 N–H and O–H groups in total. The summed E-state index contributed by atoms with van der Waals surface area (Å²) in [5.41, 5.74) is 4.16. The quantitative estimate of drug-likeness (QED) is 0.817. The molecule has 2 aromatic rings. The van der Waals surface area contributed by atoms with Gasteiger partial charge >= 0.3 is 0 Å². The van der Waals surface area contributed by atoms with Crippen LogP contribution < -0.4 is 10.2 Å². The van der Waals surface area contributed by atoms with E-state index in [0.29, 0.717) is 11.6 Å². The molecular weight excluding hydrogens is 312 g/mol. The van der Waals surface area contributed by atoms with Gasteiger partial charge in [0, 0.05) is 24.5 Å². The minimum absolute atomic E-state index is 0.201. The molecule has 0 bridgehead atoms. The molecule has 25 heavy (non-hydrogen) atoms. The zero-order valence-corrected chi connectivity index (χ0v) is 15.9. The molecule has 5 nitrogen and oxygen atoms in total. The van der Waals surface area contributed by atoms with Gasteiger partial charge in [-0.15, -0.1) is 0 Å².